The van der Waals surface area contributed by atoms with Crippen LogP contribution in [0.5, 0.6) is 11.5 Å². The van der Waals surface area contributed by atoms with Crippen LogP contribution in [-0.2, 0) is 12.8 Å². The van der Waals surface area contributed by atoms with Crippen molar-refractivity contribution in [3.63, 3.8) is 0 Å². The average Bonchev–Trinajstić information content (AvgIpc) is 3.02. The Morgan fingerprint density at radius 2 is 0.943 bits per heavy atom. The van der Waals surface area contributed by atoms with E-state index < -0.39 is 0 Å². The second kappa shape index (κ2) is 10.1. The average molecular weight is 481 g/mol. The molecule has 0 N–H and O–H groups in total. The maximum Gasteiger partial charge on any atom is 0.165 e. The first-order chi connectivity index (χ1) is 17.1. The topological polar surface area (TPSA) is 18.5 Å². The highest BCUT2D eigenvalue weighted by Crippen LogP contribution is 2.41. The highest BCUT2D eigenvalue weighted by Gasteiger charge is 2.31. The second-order valence-electron chi connectivity index (χ2n) is 11.5. The number of halogens is 2. The van der Waals surface area contributed by atoms with Gasteiger partial charge in [-0.2, -0.15) is 0 Å². The van der Waals surface area contributed by atoms with Crippen molar-refractivity contribution in [1.82, 2.24) is 0 Å². The van der Waals surface area contributed by atoms with Gasteiger partial charge in [-0.1, -0.05) is 50.7 Å². The fraction of sp³-hybridized carbons (Fsp3) is 0.613. The van der Waals surface area contributed by atoms with Crippen LogP contribution in [0.1, 0.15) is 118 Å². The summed E-state index contributed by atoms with van der Waals surface area (Å²) in [5.41, 5.74) is 3.98. The second-order valence-corrected chi connectivity index (χ2v) is 11.5. The minimum Gasteiger partial charge on any atom is -0.487 e. The Morgan fingerprint density at radius 3 is 1.37 bits per heavy atom. The van der Waals surface area contributed by atoms with Crippen LogP contribution in [0.25, 0.3) is 0 Å². The third kappa shape index (κ3) is 4.95. The molecule has 0 saturated heterocycles. The quantitative estimate of drug-likeness (QED) is 0.429. The Kier molecular flexibility index (Phi) is 6.73. The molecule has 0 radical (unpaired) electrons. The van der Waals surface area contributed by atoms with Gasteiger partial charge in [-0.25, -0.2) is 8.78 Å². The molecule has 0 spiro atoms. The molecular formula is C31H38F2O2. The summed E-state index contributed by atoms with van der Waals surface area (Å²) in [6.45, 7) is 0. The molecule has 188 valence electrons. The number of hydrogen-bond donors (Lipinski definition) is 0. The molecular weight excluding hydrogens is 442 g/mol. The molecule has 6 rings (SSSR count). The smallest absolute Gasteiger partial charge is 0.165 e. The largest absolute Gasteiger partial charge is 0.487 e. The van der Waals surface area contributed by atoms with Crippen molar-refractivity contribution in [2.24, 2.45) is 0 Å². The van der Waals surface area contributed by atoms with Crippen LogP contribution < -0.4 is 9.47 Å². The van der Waals surface area contributed by atoms with Crippen molar-refractivity contribution in [2.45, 2.75) is 120 Å². The van der Waals surface area contributed by atoms with Gasteiger partial charge in [0, 0.05) is 24.0 Å². The van der Waals surface area contributed by atoms with Crippen molar-refractivity contribution >= 4 is 0 Å². The van der Waals surface area contributed by atoms with Gasteiger partial charge in [0.05, 0.1) is 0 Å². The molecule has 2 unspecified atom stereocenters. The number of rotatable bonds is 2. The first kappa shape index (κ1) is 23.3. The molecule has 4 aliphatic rings. The summed E-state index contributed by atoms with van der Waals surface area (Å²) in [6, 6.07) is 7.77. The van der Waals surface area contributed by atoms with Crippen molar-refractivity contribution in [3.8, 4) is 11.5 Å². The normalized spacial score (nSPS) is 25.7. The molecule has 0 aromatic heterocycles. The standard InChI is InChI=1S/C31H38F2O2/c32-28-18-22(20-8-3-1-4-9-20)14-24-16-26-12-7-13-27(34-30(24)28)17-25-15-23(19-29(33)31(25)35-26)21-10-5-2-6-11-21/h14-15,18-21,26-27H,1-13,16-17H2. The van der Waals surface area contributed by atoms with E-state index in [9.17, 15) is 0 Å². The van der Waals surface area contributed by atoms with E-state index in [1.54, 1.807) is 12.1 Å². The third-order valence-electron chi connectivity index (χ3n) is 8.96. The molecule has 2 saturated carbocycles. The highest BCUT2D eigenvalue weighted by atomic mass is 19.1. The molecule has 2 aliphatic carbocycles. The number of hydrogen-bond acceptors (Lipinski definition) is 2. The molecule has 2 aromatic carbocycles. The SMILES string of the molecule is Fc1cc(C2CCCCC2)cc2c1OC1CCCC(C2)Oc2c(F)cc(C3CCCCC3)cc2C1. The maximum atomic E-state index is 15.5. The van der Waals surface area contributed by atoms with Crippen LogP contribution in [0.15, 0.2) is 24.3 Å². The minimum absolute atomic E-state index is 0.177. The molecule has 2 aromatic rings. The first-order valence-electron chi connectivity index (χ1n) is 14.1. The van der Waals surface area contributed by atoms with Crippen molar-refractivity contribution in [1.29, 1.82) is 0 Å². The molecule has 2 fully saturated rings. The summed E-state index contributed by atoms with van der Waals surface area (Å²) in [6.07, 6.45) is 15.3. The molecule has 2 aliphatic heterocycles. The molecule has 2 nitrogen and oxygen atoms in total. The van der Waals surface area contributed by atoms with Gasteiger partial charge in [-0.15, -0.1) is 0 Å². The summed E-state index contributed by atoms with van der Waals surface area (Å²) in [7, 11) is 0. The van der Waals surface area contributed by atoms with E-state index in [0.717, 1.165) is 67.2 Å². The molecule has 2 heterocycles. The number of benzene rings is 2. The van der Waals surface area contributed by atoms with E-state index in [4.69, 9.17) is 9.47 Å². The summed E-state index contributed by atoms with van der Waals surface area (Å²) in [4.78, 5) is 0. The Balaban J connectivity index is 1.35. The van der Waals surface area contributed by atoms with Gasteiger partial charge in [0.15, 0.2) is 23.1 Å². The van der Waals surface area contributed by atoms with Crippen LogP contribution in [-0.4, -0.2) is 12.2 Å². The van der Waals surface area contributed by atoms with Crippen LogP contribution >= 0.6 is 0 Å². The lowest BCUT2D eigenvalue weighted by molar-refractivity contribution is 0.179. The van der Waals surface area contributed by atoms with Gasteiger partial charge in [0.2, 0.25) is 0 Å². The number of fused-ring (bicyclic) bond motifs is 6. The predicted octanol–water partition coefficient (Wildman–Crippen LogP) is 8.54. The van der Waals surface area contributed by atoms with Crippen LogP contribution in [0.2, 0.25) is 0 Å². The summed E-state index contributed by atoms with van der Waals surface area (Å²) >= 11 is 0. The molecule has 35 heavy (non-hydrogen) atoms. The van der Waals surface area contributed by atoms with Crippen LogP contribution in [0.3, 0.4) is 0 Å². The first-order valence-corrected chi connectivity index (χ1v) is 14.1. The summed E-state index contributed by atoms with van der Waals surface area (Å²) in [5.74, 6) is 1.18. The maximum absolute atomic E-state index is 15.5. The number of ether oxygens (including phenoxy) is 2. The Labute approximate surface area is 208 Å². The molecule has 2 bridgehead atoms. The summed E-state index contributed by atoms with van der Waals surface area (Å²) in [5, 5.41) is 0. The van der Waals surface area contributed by atoms with Gasteiger partial charge in [-0.3, -0.25) is 0 Å². The van der Waals surface area contributed by atoms with E-state index in [1.165, 1.54) is 38.5 Å². The van der Waals surface area contributed by atoms with Crippen molar-refractivity contribution in [3.05, 3.63) is 58.2 Å². The monoisotopic (exact) mass is 480 g/mol. The van der Waals surface area contributed by atoms with Gasteiger partial charge in [-0.05, 0) is 80.0 Å². The Hall–Kier alpha value is -2.10. The summed E-state index contributed by atoms with van der Waals surface area (Å²) < 4.78 is 43.9. The highest BCUT2D eigenvalue weighted by molar-refractivity contribution is 5.44. The lowest BCUT2D eigenvalue weighted by atomic mass is 9.83. The third-order valence-corrected chi connectivity index (χ3v) is 8.96. The van der Waals surface area contributed by atoms with Gasteiger partial charge < -0.3 is 9.47 Å². The van der Waals surface area contributed by atoms with Gasteiger partial charge in [0.25, 0.3) is 0 Å². The van der Waals surface area contributed by atoms with E-state index in [1.807, 2.05) is 0 Å². The van der Waals surface area contributed by atoms with Gasteiger partial charge >= 0.3 is 0 Å². The molecule has 0 amide bonds. The Morgan fingerprint density at radius 1 is 0.514 bits per heavy atom. The van der Waals surface area contributed by atoms with E-state index in [2.05, 4.69) is 12.1 Å². The van der Waals surface area contributed by atoms with E-state index in [0.29, 0.717) is 36.2 Å². The van der Waals surface area contributed by atoms with E-state index in [-0.39, 0.29) is 23.8 Å². The zero-order valence-electron chi connectivity index (χ0n) is 20.8. The lowest BCUT2D eigenvalue weighted by Crippen LogP contribution is -2.24. The van der Waals surface area contributed by atoms with Gasteiger partial charge in [0.1, 0.15) is 12.2 Å². The lowest BCUT2D eigenvalue weighted by Gasteiger charge is -2.28. The molecule has 2 atom stereocenters. The predicted molar refractivity (Wildman–Crippen MR) is 135 cm³/mol. The zero-order valence-corrected chi connectivity index (χ0v) is 20.8. The fourth-order valence-electron chi connectivity index (χ4n) is 7.06. The minimum atomic E-state index is -0.239. The molecule has 4 heteroatoms. The Bertz CT molecular complexity index is 969. The zero-order chi connectivity index (χ0) is 23.8. The van der Waals surface area contributed by atoms with Crippen LogP contribution in [0.4, 0.5) is 8.78 Å². The van der Waals surface area contributed by atoms with Crippen LogP contribution in [0, 0.1) is 11.6 Å². The fourth-order valence-corrected chi connectivity index (χ4v) is 7.06. The van der Waals surface area contributed by atoms with E-state index >= 15 is 8.78 Å². The van der Waals surface area contributed by atoms with Crippen molar-refractivity contribution in [2.75, 3.05) is 0 Å². The van der Waals surface area contributed by atoms with Crippen molar-refractivity contribution < 1.29 is 18.3 Å².